The topological polar surface area (TPSA) is 26.8 Å². The summed E-state index contributed by atoms with van der Waals surface area (Å²) < 4.78 is 27.1. The minimum Gasteiger partial charge on any atom is -0.367 e. The van der Waals surface area contributed by atoms with Crippen molar-refractivity contribution in [3.63, 3.8) is 0 Å². The highest BCUT2D eigenvalue weighted by atomic mass is 32.2. The van der Waals surface area contributed by atoms with Crippen molar-refractivity contribution >= 4 is 23.4 Å². The number of nitrogens with zero attached hydrogens (tertiary/aromatic N) is 3. The van der Waals surface area contributed by atoms with E-state index in [-0.39, 0.29) is 5.56 Å². The average molecular weight is 444 g/mol. The van der Waals surface area contributed by atoms with E-state index in [9.17, 15) is 13.6 Å². The summed E-state index contributed by atoms with van der Waals surface area (Å²) in [7, 11) is 1.68. The number of halogens is 2. The molecular weight excluding hydrogens is 416 g/mol. The Labute approximate surface area is 186 Å². The number of para-hydroxylation sites is 1. The van der Waals surface area contributed by atoms with Gasteiger partial charge in [-0.3, -0.25) is 4.79 Å². The van der Waals surface area contributed by atoms with Crippen LogP contribution in [-0.2, 0) is 0 Å². The van der Waals surface area contributed by atoms with Gasteiger partial charge in [0.05, 0.1) is 11.3 Å². The van der Waals surface area contributed by atoms with Gasteiger partial charge in [-0.2, -0.15) is 0 Å². The molecule has 3 aliphatic heterocycles. The van der Waals surface area contributed by atoms with Gasteiger partial charge in [0.1, 0.15) is 11.6 Å². The Kier molecular flexibility index (Phi) is 5.65. The van der Waals surface area contributed by atoms with Crippen LogP contribution < -0.4 is 4.90 Å². The van der Waals surface area contributed by atoms with Crippen LogP contribution in [0.2, 0.25) is 0 Å². The molecule has 2 atom stereocenters. The monoisotopic (exact) mass is 443 g/mol. The van der Waals surface area contributed by atoms with Crippen molar-refractivity contribution in [2.45, 2.75) is 29.7 Å². The number of hydrogen-bond acceptors (Lipinski definition) is 4. The molecule has 0 bridgehead atoms. The van der Waals surface area contributed by atoms with Crippen LogP contribution >= 0.6 is 11.8 Å². The zero-order chi connectivity index (χ0) is 21.5. The predicted molar refractivity (Wildman–Crippen MR) is 120 cm³/mol. The van der Waals surface area contributed by atoms with E-state index in [0.717, 1.165) is 44.7 Å². The lowest BCUT2D eigenvalue weighted by Gasteiger charge is -2.39. The zero-order valence-electron chi connectivity index (χ0n) is 17.7. The average Bonchev–Trinajstić information content (AvgIpc) is 2.92. The number of fused-ring (bicyclic) bond motifs is 3. The second kappa shape index (κ2) is 8.43. The molecule has 4 nitrogen and oxygen atoms in total. The molecule has 0 aromatic heterocycles. The van der Waals surface area contributed by atoms with Gasteiger partial charge in [0.25, 0.3) is 5.91 Å². The molecule has 7 heteroatoms. The van der Waals surface area contributed by atoms with E-state index in [4.69, 9.17) is 0 Å². The third-order valence-corrected chi connectivity index (χ3v) is 7.97. The maximum Gasteiger partial charge on any atom is 0.256 e. The first-order valence-corrected chi connectivity index (χ1v) is 12.0. The molecule has 1 amide bonds. The minimum absolute atomic E-state index is 0.0811. The summed E-state index contributed by atoms with van der Waals surface area (Å²) in [4.78, 5) is 20.6. The number of benzene rings is 2. The molecule has 3 heterocycles. The van der Waals surface area contributed by atoms with Crippen LogP contribution in [0.15, 0.2) is 41.3 Å². The lowest BCUT2D eigenvalue weighted by molar-refractivity contribution is 0.0763. The molecule has 0 saturated carbocycles. The number of likely N-dealkylation sites (N-methyl/N-ethyl adjacent to an activating group) is 1. The molecular formula is C24H27F2N3OS. The van der Waals surface area contributed by atoms with Crippen LogP contribution in [0.25, 0.3) is 0 Å². The number of carbonyl (C=O) groups is 1. The van der Waals surface area contributed by atoms with Gasteiger partial charge in [-0.15, -0.1) is 11.8 Å². The number of piperidine rings is 1. The SMILES string of the molecule is CN(CCN1CC[C@H]2[C@@H](C1)c1cccc3c1N2CCCS3)C(=O)c1ccc(F)cc1F. The third kappa shape index (κ3) is 3.82. The molecule has 31 heavy (non-hydrogen) atoms. The van der Waals surface area contributed by atoms with Crippen molar-refractivity contribution in [3.05, 3.63) is 59.2 Å². The maximum atomic E-state index is 14.0. The molecule has 0 aliphatic carbocycles. The van der Waals surface area contributed by atoms with Gasteiger partial charge in [0.2, 0.25) is 0 Å². The highest BCUT2D eigenvalue weighted by Gasteiger charge is 2.43. The van der Waals surface area contributed by atoms with Gasteiger partial charge in [0, 0.05) is 62.7 Å². The summed E-state index contributed by atoms with van der Waals surface area (Å²) in [5.74, 6) is -0.209. The molecule has 164 valence electrons. The summed E-state index contributed by atoms with van der Waals surface area (Å²) in [6, 6.07) is 10.4. The Hall–Kier alpha value is -2.12. The minimum atomic E-state index is -0.810. The first kappa shape index (κ1) is 20.8. The van der Waals surface area contributed by atoms with Crippen molar-refractivity contribution < 1.29 is 13.6 Å². The number of likely N-dealkylation sites (tertiary alicyclic amines) is 1. The number of carbonyl (C=O) groups excluding carboxylic acids is 1. The number of hydrogen-bond donors (Lipinski definition) is 0. The van der Waals surface area contributed by atoms with E-state index >= 15 is 0 Å². The quantitative estimate of drug-likeness (QED) is 0.707. The molecule has 1 fully saturated rings. The van der Waals surface area contributed by atoms with E-state index in [2.05, 4.69) is 28.0 Å². The van der Waals surface area contributed by atoms with Crippen molar-refractivity contribution in [2.24, 2.45) is 0 Å². The summed E-state index contributed by atoms with van der Waals surface area (Å²) >= 11 is 1.98. The number of anilines is 1. The summed E-state index contributed by atoms with van der Waals surface area (Å²) in [5, 5.41) is 0. The van der Waals surface area contributed by atoms with Crippen LogP contribution in [0, 0.1) is 11.6 Å². The van der Waals surface area contributed by atoms with Gasteiger partial charge in [-0.05, 0) is 42.4 Å². The largest absolute Gasteiger partial charge is 0.367 e. The fraction of sp³-hybridized carbons (Fsp3) is 0.458. The molecule has 3 aliphatic rings. The molecule has 2 aromatic carbocycles. The van der Waals surface area contributed by atoms with E-state index in [0.29, 0.717) is 18.5 Å². The molecule has 0 N–H and O–H groups in total. The van der Waals surface area contributed by atoms with Gasteiger partial charge >= 0.3 is 0 Å². The first-order valence-electron chi connectivity index (χ1n) is 11.0. The second-order valence-electron chi connectivity index (χ2n) is 8.70. The van der Waals surface area contributed by atoms with Crippen molar-refractivity contribution in [1.29, 1.82) is 0 Å². The molecule has 0 radical (unpaired) electrons. The number of amides is 1. The van der Waals surface area contributed by atoms with Crippen LogP contribution in [-0.4, -0.2) is 67.3 Å². The van der Waals surface area contributed by atoms with Crippen molar-refractivity contribution in [2.75, 3.05) is 50.4 Å². The van der Waals surface area contributed by atoms with Gasteiger partial charge in [0.15, 0.2) is 0 Å². The first-order chi connectivity index (χ1) is 15.0. The van der Waals surface area contributed by atoms with Crippen LogP contribution in [0.4, 0.5) is 14.5 Å². The summed E-state index contributed by atoms with van der Waals surface area (Å²) in [5.41, 5.74) is 2.85. The normalized spacial score (nSPS) is 22.6. The maximum absolute atomic E-state index is 14.0. The van der Waals surface area contributed by atoms with E-state index in [1.165, 1.54) is 39.3 Å². The van der Waals surface area contributed by atoms with Crippen LogP contribution in [0.1, 0.15) is 34.7 Å². The molecule has 0 spiro atoms. The van der Waals surface area contributed by atoms with Gasteiger partial charge in [-0.25, -0.2) is 8.78 Å². The lowest BCUT2D eigenvalue weighted by atomic mass is 9.89. The Bertz CT molecular complexity index is 1000. The standard InChI is InChI=1S/C24H27F2N3OS/c1-27(24(30)18-7-6-16(25)14-20(18)26)11-12-28-10-8-21-19(15-28)17-4-2-5-22-23(17)29(21)9-3-13-31-22/h2,4-7,14,19,21H,3,8-13,15H2,1H3/t19-,21-/m0/s1. The van der Waals surface area contributed by atoms with Gasteiger partial charge < -0.3 is 14.7 Å². The Morgan fingerprint density at radius 1 is 1.23 bits per heavy atom. The number of rotatable bonds is 4. The summed E-state index contributed by atoms with van der Waals surface area (Å²) in [6.07, 6.45) is 2.34. The van der Waals surface area contributed by atoms with Gasteiger partial charge in [-0.1, -0.05) is 12.1 Å². The third-order valence-electron chi connectivity index (χ3n) is 6.84. The Balaban J connectivity index is 1.25. The molecule has 5 rings (SSSR count). The Morgan fingerprint density at radius 3 is 2.94 bits per heavy atom. The summed E-state index contributed by atoms with van der Waals surface area (Å²) in [6.45, 7) is 4.38. The van der Waals surface area contributed by atoms with E-state index < -0.39 is 17.5 Å². The van der Waals surface area contributed by atoms with E-state index in [1.54, 1.807) is 7.05 Å². The van der Waals surface area contributed by atoms with E-state index in [1.807, 2.05) is 11.8 Å². The number of thioether (sulfide) groups is 1. The highest BCUT2D eigenvalue weighted by Crippen LogP contribution is 2.50. The van der Waals surface area contributed by atoms with Crippen molar-refractivity contribution in [3.8, 4) is 0 Å². The van der Waals surface area contributed by atoms with Crippen LogP contribution in [0.5, 0.6) is 0 Å². The fourth-order valence-electron chi connectivity index (χ4n) is 5.27. The van der Waals surface area contributed by atoms with Crippen molar-refractivity contribution in [1.82, 2.24) is 9.80 Å². The lowest BCUT2D eigenvalue weighted by Crippen LogP contribution is -2.48. The fourth-order valence-corrected chi connectivity index (χ4v) is 6.31. The second-order valence-corrected chi connectivity index (χ2v) is 9.84. The molecule has 0 unspecified atom stereocenters. The Morgan fingerprint density at radius 2 is 2.10 bits per heavy atom. The smallest absolute Gasteiger partial charge is 0.256 e. The predicted octanol–water partition coefficient (Wildman–Crippen LogP) is 4.21. The molecule has 2 aromatic rings. The zero-order valence-corrected chi connectivity index (χ0v) is 18.5. The molecule has 1 saturated heterocycles. The van der Waals surface area contributed by atoms with Crippen LogP contribution in [0.3, 0.4) is 0 Å². The highest BCUT2D eigenvalue weighted by molar-refractivity contribution is 7.99.